The molecule has 4 N–H and O–H groups in total. The summed E-state index contributed by atoms with van der Waals surface area (Å²) in [5.41, 5.74) is 7.75. The zero-order valence-electron chi connectivity index (χ0n) is 14.3. The summed E-state index contributed by atoms with van der Waals surface area (Å²) >= 11 is 6.18. The van der Waals surface area contributed by atoms with E-state index in [-0.39, 0.29) is 0 Å². The third kappa shape index (κ3) is 4.96. The van der Waals surface area contributed by atoms with Crippen molar-refractivity contribution < 1.29 is 0 Å². The Morgan fingerprint density at radius 2 is 1.76 bits per heavy atom. The molecule has 1 aliphatic rings. The van der Waals surface area contributed by atoms with Gasteiger partial charge in [0.2, 0.25) is 0 Å². The topological polar surface area (TPSA) is 79.1 Å². The first-order valence-corrected chi connectivity index (χ1v) is 9.16. The van der Waals surface area contributed by atoms with E-state index in [2.05, 4.69) is 25.5 Å². The van der Waals surface area contributed by atoms with Crippen LogP contribution in [0.4, 0.5) is 17.3 Å². The number of nitrogens with zero attached hydrogens (tertiary/aromatic N) is 3. The Morgan fingerprint density at radius 1 is 1.04 bits per heavy atom. The van der Waals surface area contributed by atoms with Crippen molar-refractivity contribution in [3.05, 3.63) is 41.2 Å². The number of hydrogen-bond donors (Lipinski definition) is 3. The van der Waals surface area contributed by atoms with E-state index in [0.29, 0.717) is 23.9 Å². The van der Waals surface area contributed by atoms with Gasteiger partial charge in [-0.3, -0.25) is 0 Å². The van der Waals surface area contributed by atoms with Crippen molar-refractivity contribution in [2.75, 3.05) is 42.5 Å². The summed E-state index contributed by atoms with van der Waals surface area (Å²) in [6.07, 6.45) is 5.47. The molecular weight excluding hydrogens is 336 g/mol. The third-order valence-corrected chi connectivity index (χ3v) is 4.83. The molecular formula is C18H25ClN6. The molecule has 6 nitrogen and oxygen atoms in total. The molecule has 2 heterocycles. The molecule has 134 valence electrons. The van der Waals surface area contributed by atoms with E-state index in [1.807, 2.05) is 24.3 Å². The lowest BCUT2D eigenvalue weighted by molar-refractivity contribution is 0.237. The highest BCUT2D eigenvalue weighted by atomic mass is 35.5. The number of nitrogens with one attached hydrogen (secondary N) is 2. The van der Waals surface area contributed by atoms with Crippen LogP contribution in [-0.2, 0) is 6.54 Å². The van der Waals surface area contributed by atoms with Crippen LogP contribution in [0.3, 0.4) is 0 Å². The van der Waals surface area contributed by atoms with E-state index < -0.39 is 0 Å². The third-order valence-electron chi connectivity index (χ3n) is 4.46. The second kappa shape index (κ2) is 8.87. The molecule has 0 bridgehead atoms. The maximum Gasteiger partial charge on any atom is 0.155 e. The minimum atomic E-state index is 0.535. The van der Waals surface area contributed by atoms with E-state index in [1.165, 1.54) is 38.7 Å². The molecule has 0 spiro atoms. The van der Waals surface area contributed by atoms with Crippen LogP contribution in [0, 0.1) is 0 Å². The lowest BCUT2D eigenvalue weighted by Gasteiger charge is -2.26. The molecule has 1 saturated heterocycles. The second-order valence-corrected chi connectivity index (χ2v) is 6.67. The summed E-state index contributed by atoms with van der Waals surface area (Å²) in [7, 11) is 0. The van der Waals surface area contributed by atoms with Crippen LogP contribution >= 0.6 is 11.6 Å². The average molecular weight is 361 g/mol. The SMILES string of the molecule is Nc1c(NCCN2CCCCC2)ncnc1NCc1ccccc1Cl. The van der Waals surface area contributed by atoms with Crippen LogP contribution in [0.25, 0.3) is 0 Å². The van der Waals surface area contributed by atoms with Crippen molar-refractivity contribution in [1.29, 1.82) is 0 Å². The molecule has 1 aliphatic heterocycles. The highest BCUT2D eigenvalue weighted by molar-refractivity contribution is 6.31. The largest absolute Gasteiger partial charge is 0.393 e. The average Bonchev–Trinajstić information content (AvgIpc) is 2.64. The number of aromatic nitrogens is 2. The van der Waals surface area contributed by atoms with Crippen molar-refractivity contribution >= 4 is 28.9 Å². The maximum absolute atomic E-state index is 6.21. The quantitative estimate of drug-likeness (QED) is 0.703. The molecule has 25 heavy (non-hydrogen) atoms. The zero-order chi connectivity index (χ0) is 17.5. The number of nitrogen functional groups attached to an aromatic ring is 1. The van der Waals surface area contributed by atoms with Crippen LogP contribution < -0.4 is 16.4 Å². The normalized spacial score (nSPS) is 15.1. The highest BCUT2D eigenvalue weighted by Gasteiger charge is 2.11. The standard InChI is InChI=1S/C18H25ClN6/c19-15-7-3-2-6-14(15)12-22-18-16(20)17(23-13-24-18)21-8-11-25-9-4-1-5-10-25/h2-3,6-7,13H,1,4-5,8-12,20H2,(H2,21,22,23,24). The Labute approximate surface area is 153 Å². The minimum Gasteiger partial charge on any atom is -0.393 e. The van der Waals surface area contributed by atoms with E-state index in [9.17, 15) is 0 Å². The van der Waals surface area contributed by atoms with Gasteiger partial charge in [-0.05, 0) is 37.6 Å². The maximum atomic E-state index is 6.21. The second-order valence-electron chi connectivity index (χ2n) is 6.26. The summed E-state index contributed by atoms with van der Waals surface area (Å²) < 4.78 is 0. The van der Waals surface area contributed by atoms with Gasteiger partial charge in [-0.1, -0.05) is 36.2 Å². The molecule has 0 radical (unpaired) electrons. The van der Waals surface area contributed by atoms with Gasteiger partial charge in [0, 0.05) is 24.7 Å². The molecule has 1 fully saturated rings. The number of benzene rings is 1. The van der Waals surface area contributed by atoms with Crippen molar-refractivity contribution in [2.24, 2.45) is 0 Å². The van der Waals surface area contributed by atoms with Crippen LogP contribution in [-0.4, -0.2) is 41.0 Å². The van der Waals surface area contributed by atoms with Crippen molar-refractivity contribution in [3.63, 3.8) is 0 Å². The van der Waals surface area contributed by atoms with Gasteiger partial charge in [-0.15, -0.1) is 0 Å². The van der Waals surface area contributed by atoms with E-state index in [4.69, 9.17) is 17.3 Å². The first kappa shape index (κ1) is 17.8. The molecule has 0 atom stereocenters. The van der Waals surface area contributed by atoms with Crippen molar-refractivity contribution in [2.45, 2.75) is 25.8 Å². The summed E-state index contributed by atoms with van der Waals surface area (Å²) in [5.74, 6) is 1.30. The molecule has 7 heteroatoms. The zero-order valence-corrected chi connectivity index (χ0v) is 15.1. The van der Waals surface area contributed by atoms with Crippen molar-refractivity contribution in [3.8, 4) is 0 Å². The number of rotatable bonds is 7. The highest BCUT2D eigenvalue weighted by Crippen LogP contribution is 2.24. The molecule has 0 saturated carbocycles. The van der Waals surface area contributed by atoms with Gasteiger partial charge in [-0.25, -0.2) is 9.97 Å². The Kier molecular flexibility index (Phi) is 6.30. The van der Waals surface area contributed by atoms with Crippen LogP contribution in [0.2, 0.25) is 5.02 Å². The minimum absolute atomic E-state index is 0.535. The van der Waals surface area contributed by atoms with E-state index in [1.54, 1.807) is 0 Å². The molecule has 1 aromatic heterocycles. The monoisotopic (exact) mass is 360 g/mol. The first-order chi connectivity index (χ1) is 12.2. The predicted octanol–water partition coefficient (Wildman–Crippen LogP) is 3.22. The van der Waals surface area contributed by atoms with Crippen LogP contribution in [0.1, 0.15) is 24.8 Å². The van der Waals surface area contributed by atoms with E-state index >= 15 is 0 Å². The molecule has 2 aromatic rings. The number of nitrogens with two attached hydrogens (primary N) is 1. The Hall–Kier alpha value is -2.05. The van der Waals surface area contributed by atoms with Gasteiger partial charge in [-0.2, -0.15) is 0 Å². The summed E-state index contributed by atoms with van der Waals surface area (Å²) in [6, 6.07) is 7.72. The fourth-order valence-corrected chi connectivity index (χ4v) is 3.22. The molecule has 0 unspecified atom stereocenters. The smallest absolute Gasteiger partial charge is 0.155 e. The number of halogens is 1. The van der Waals surface area contributed by atoms with Gasteiger partial charge in [0.1, 0.15) is 12.0 Å². The Bertz CT molecular complexity index is 687. The summed E-state index contributed by atoms with van der Waals surface area (Å²) in [4.78, 5) is 11.0. The van der Waals surface area contributed by atoms with Crippen molar-refractivity contribution in [1.82, 2.24) is 14.9 Å². The van der Waals surface area contributed by atoms with Gasteiger partial charge < -0.3 is 21.3 Å². The molecule has 3 rings (SSSR count). The lowest BCUT2D eigenvalue weighted by Crippen LogP contribution is -2.33. The van der Waals surface area contributed by atoms with Gasteiger partial charge in [0.25, 0.3) is 0 Å². The summed E-state index contributed by atoms with van der Waals surface area (Å²) in [6.45, 7) is 4.77. The van der Waals surface area contributed by atoms with Gasteiger partial charge in [0.15, 0.2) is 11.6 Å². The molecule has 0 aliphatic carbocycles. The Morgan fingerprint density at radius 3 is 2.52 bits per heavy atom. The fraction of sp³-hybridized carbons (Fsp3) is 0.444. The number of piperidine rings is 1. The number of hydrogen-bond acceptors (Lipinski definition) is 6. The van der Waals surface area contributed by atoms with Gasteiger partial charge >= 0.3 is 0 Å². The molecule has 0 amide bonds. The fourth-order valence-electron chi connectivity index (χ4n) is 3.01. The number of likely N-dealkylation sites (tertiary alicyclic amines) is 1. The Balaban J connectivity index is 1.55. The molecule has 1 aromatic carbocycles. The van der Waals surface area contributed by atoms with Gasteiger partial charge in [0.05, 0.1) is 0 Å². The predicted molar refractivity (Wildman–Crippen MR) is 104 cm³/mol. The van der Waals surface area contributed by atoms with Crippen LogP contribution in [0.5, 0.6) is 0 Å². The summed E-state index contributed by atoms with van der Waals surface area (Å²) in [5, 5.41) is 7.29. The lowest BCUT2D eigenvalue weighted by atomic mass is 10.1. The number of anilines is 3. The van der Waals surface area contributed by atoms with Crippen LogP contribution in [0.15, 0.2) is 30.6 Å². The first-order valence-electron chi connectivity index (χ1n) is 8.78. The van der Waals surface area contributed by atoms with E-state index in [0.717, 1.165) is 23.7 Å².